The van der Waals surface area contributed by atoms with Gasteiger partial charge >= 0.3 is 0 Å². The van der Waals surface area contributed by atoms with E-state index in [4.69, 9.17) is 5.26 Å². The average molecular weight is 311 g/mol. The van der Waals surface area contributed by atoms with Gasteiger partial charge in [0.1, 0.15) is 6.07 Å². The van der Waals surface area contributed by atoms with Crippen LogP contribution in [0.15, 0.2) is 22.7 Å². The second-order valence-electron chi connectivity index (χ2n) is 4.03. The molecule has 0 spiro atoms. The molecule has 1 fully saturated rings. The van der Waals surface area contributed by atoms with Gasteiger partial charge < -0.3 is 4.90 Å². The monoisotopic (exact) mass is 310 g/mol. The summed E-state index contributed by atoms with van der Waals surface area (Å²) in [5, 5.41) is 8.84. The molecule has 5 heteroatoms. The molecule has 0 bridgehead atoms. The smallest absolute Gasteiger partial charge is 0.227 e. The van der Waals surface area contributed by atoms with Crippen molar-refractivity contribution in [2.24, 2.45) is 5.92 Å². The minimum atomic E-state index is 0.126. The van der Waals surface area contributed by atoms with Gasteiger partial charge in [0, 0.05) is 23.1 Å². The molecule has 88 valence electrons. The maximum absolute atomic E-state index is 11.8. The van der Waals surface area contributed by atoms with Crippen molar-refractivity contribution in [3.63, 3.8) is 0 Å². The summed E-state index contributed by atoms with van der Waals surface area (Å²) < 4.78 is 0.722. The third-order valence-corrected chi connectivity index (χ3v) is 4.02. The van der Waals surface area contributed by atoms with Gasteiger partial charge in [-0.05, 0) is 45.8 Å². The second-order valence-corrected chi connectivity index (χ2v) is 5.25. The van der Waals surface area contributed by atoms with E-state index >= 15 is 0 Å². The van der Waals surface area contributed by atoms with E-state index in [0.717, 1.165) is 15.9 Å². The van der Waals surface area contributed by atoms with Crippen molar-refractivity contribution in [3.8, 4) is 6.07 Å². The van der Waals surface area contributed by atoms with E-state index < -0.39 is 0 Å². The van der Waals surface area contributed by atoms with Gasteiger partial charge in [-0.1, -0.05) is 0 Å². The molecule has 17 heavy (non-hydrogen) atoms. The summed E-state index contributed by atoms with van der Waals surface area (Å²) in [6, 6.07) is 7.43. The van der Waals surface area contributed by atoms with Gasteiger partial charge in [0.25, 0.3) is 0 Å². The highest BCUT2D eigenvalue weighted by atomic mass is 79.9. The van der Waals surface area contributed by atoms with E-state index in [1.807, 2.05) is 12.1 Å². The van der Waals surface area contributed by atoms with E-state index in [1.165, 1.54) is 0 Å². The van der Waals surface area contributed by atoms with Crippen LogP contribution in [0.5, 0.6) is 0 Å². The van der Waals surface area contributed by atoms with Crippen LogP contribution in [0.3, 0.4) is 0 Å². The van der Waals surface area contributed by atoms with Gasteiger partial charge in [-0.2, -0.15) is 17.9 Å². The molecule has 0 aromatic heterocycles. The summed E-state index contributed by atoms with van der Waals surface area (Å²) in [5.41, 5.74) is 1.41. The van der Waals surface area contributed by atoms with Crippen molar-refractivity contribution in [1.82, 2.24) is 0 Å². The van der Waals surface area contributed by atoms with E-state index in [0.29, 0.717) is 24.4 Å². The van der Waals surface area contributed by atoms with Crippen LogP contribution < -0.4 is 4.90 Å². The Balaban J connectivity index is 2.27. The predicted octanol–water partition coefficient (Wildman–Crippen LogP) is 2.60. The van der Waals surface area contributed by atoms with Crippen LogP contribution >= 0.6 is 28.6 Å². The first-order chi connectivity index (χ1) is 8.15. The first-order valence-electron chi connectivity index (χ1n) is 5.26. The molecule has 1 aromatic carbocycles. The number of amides is 1. The normalized spacial score (nSPS) is 19.5. The summed E-state index contributed by atoms with van der Waals surface area (Å²) >= 11 is 7.56. The van der Waals surface area contributed by atoms with Crippen LogP contribution in [-0.4, -0.2) is 18.2 Å². The molecular weight excluding hydrogens is 300 g/mol. The third kappa shape index (κ3) is 2.48. The standard InChI is InChI=1S/C12H11BrN2OS/c13-11-4-10(2-1-9(11)5-14)15-6-8(7-17)3-12(15)16/h1-2,4,8,17H,3,6-7H2. The minimum absolute atomic E-state index is 0.126. The van der Waals surface area contributed by atoms with Crippen LogP contribution in [0.4, 0.5) is 5.69 Å². The molecule has 3 nitrogen and oxygen atoms in total. The Morgan fingerprint density at radius 2 is 2.35 bits per heavy atom. The zero-order chi connectivity index (χ0) is 12.4. The molecule has 1 unspecified atom stereocenters. The van der Waals surface area contributed by atoms with E-state index in [-0.39, 0.29) is 5.91 Å². The highest BCUT2D eigenvalue weighted by molar-refractivity contribution is 9.10. The fourth-order valence-corrected chi connectivity index (χ4v) is 2.62. The molecule has 0 N–H and O–H groups in total. The van der Waals surface area contributed by atoms with Crippen molar-refractivity contribution in [1.29, 1.82) is 5.26 Å². The van der Waals surface area contributed by atoms with Crippen LogP contribution in [0.25, 0.3) is 0 Å². The lowest BCUT2D eigenvalue weighted by Gasteiger charge is -2.17. The Morgan fingerprint density at radius 3 is 2.88 bits per heavy atom. The maximum atomic E-state index is 11.8. The molecule has 0 aliphatic carbocycles. The van der Waals surface area contributed by atoms with E-state index in [1.54, 1.807) is 11.0 Å². The number of hydrogen-bond donors (Lipinski definition) is 1. The first-order valence-corrected chi connectivity index (χ1v) is 6.69. The number of hydrogen-bond acceptors (Lipinski definition) is 3. The molecule has 2 rings (SSSR count). The molecular formula is C12H11BrN2OS. The fourth-order valence-electron chi connectivity index (χ4n) is 1.92. The molecule has 1 atom stereocenters. The number of carbonyl (C=O) groups excluding carboxylic acids is 1. The fraction of sp³-hybridized carbons (Fsp3) is 0.333. The molecule has 1 heterocycles. The molecule has 0 radical (unpaired) electrons. The Labute approximate surface area is 114 Å². The highest BCUT2D eigenvalue weighted by Gasteiger charge is 2.29. The number of rotatable bonds is 2. The number of nitrogens with zero attached hydrogens (tertiary/aromatic N) is 2. The highest BCUT2D eigenvalue weighted by Crippen LogP contribution is 2.29. The van der Waals surface area contributed by atoms with Crippen molar-refractivity contribution < 1.29 is 4.79 Å². The molecule has 1 saturated heterocycles. The summed E-state index contributed by atoms with van der Waals surface area (Å²) in [5.74, 6) is 1.17. The van der Waals surface area contributed by atoms with Gasteiger partial charge in [-0.15, -0.1) is 0 Å². The zero-order valence-corrected chi connectivity index (χ0v) is 11.5. The largest absolute Gasteiger partial charge is 0.312 e. The lowest BCUT2D eigenvalue weighted by Crippen LogP contribution is -2.24. The second kappa shape index (κ2) is 5.11. The van der Waals surface area contributed by atoms with Crippen molar-refractivity contribution >= 4 is 40.2 Å². The molecule has 1 aliphatic rings. The third-order valence-electron chi connectivity index (χ3n) is 2.85. The summed E-state index contributed by atoms with van der Waals surface area (Å²) in [6.07, 6.45) is 0.557. The number of nitriles is 1. The van der Waals surface area contributed by atoms with Crippen molar-refractivity contribution in [2.75, 3.05) is 17.2 Å². The number of anilines is 1. The first kappa shape index (κ1) is 12.5. The van der Waals surface area contributed by atoms with Crippen molar-refractivity contribution in [3.05, 3.63) is 28.2 Å². The molecule has 1 aromatic rings. The molecule has 0 saturated carbocycles. The van der Waals surface area contributed by atoms with E-state index in [2.05, 4.69) is 34.6 Å². The Bertz CT molecular complexity index is 498. The summed E-state index contributed by atoms with van der Waals surface area (Å²) in [6.45, 7) is 0.709. The number of halogens is 1. The van der Waals surface area contributed by atoms with Gasteiger partial charge in [-0.3, -0.25) is 4.79 Å². The SMILES string of the molecule is N#Cc1ccc(N2CC(CS)CC2=O)cc1Br. The van der Waals surface area contributed by atoms with Gasteiger partial charge in [-0.25, -0.2) is 0 Å². The topological polar surface area (TPSA) is 44.1 Å². The predicted molar refractivity (Wildman–Crippen MR) is 73.2 cm³/mol. The Hall–Kier alpha value is -0.990. The van der Waals surface area contributed by atoms with Crippen molar-refractivity contribution in [2.45, 2.75) is 6.42 Å². The Morgan fingerprint density at radius 1 is 1.59 bits per heavy atom. The lowest BCUT2D eigenvalue weighted by atomic mass is 10.1. The lowest BCUT2D eigenvalue weighted by molar-refractivity contribution is -0.117. The summed E-state index contributed by atoms with van der Waals surface area (Å²) in [7, 11) is 0. The number of carbonyl (C=O) groups is 1. The van der Waals surface area contributed by atoms with Gasteiger partial charge in [0.15, 0.2) is 0 Å². The van der Waals surface area contributed by atoms with Crippen LogP contribution in [0.1, 0.15) is 12.0 Å². The minimum Gasteiger partial charge on any atom is -0.312 e. The van der Waals surface area contributed by atoms with Gasteiger partial charge in [0.05, 0.1) is 5.56 Å². The van der Waals surface area contributed by atoms with Crippen LogP contribution in [0.2, 0.25) is 0 Å². The quantitative estimate of drug-likeness (QED) is 0.853. The summed E-state index contributed by atoms with van der Waals surface area (Å²) in [4.78, 5) is 13.6. The average Bonchev–Trinajstić information content (AvgIpc) is 2.70. The number of thiol groups is 1. The van der Waals surface area contributed by atoms with Crippen LogP contribution in [-0.2, 0) is 4.79 Å². The Kier molecular flexibility index (Phi) is 3.75. The zero-order valence-electron chi connectivity index (χ0n) is 9.06. The molecule has 1 aliphatic heterocycles. The molecule has 1 amide bonds. The van der Waals surface area contributed by atoms with Crippen LogP contribution in [0, 0.1) is 17.2 Å². The van der Waals surface area contributed by atoms with Gasteiger partial charge in [0.2, 0.25) is 5.91 Å². The number of benzene rings is 1. The maximum Gasteiger partial charge on any atom is 0.227 e. The van der Waals surface area contributed by atoms with E-state index in [9.17, 15) is 4.79 Å².